The maximum atomic E-state index is 3.84. The molecule has 0 saturated carbocycles. The minimum absolute atomic E-state index is 1.14. The molecule has 0 aromatic heterocycles. The SMILES string of the molecule is C=Cc1ccc(C)c(/C=C\C)c1C=C. The Morgan fingerprint density at radius 3 is 2.29 bits per heavy atom. The van der Waals surface area contributed by atoms with Gasteiger partial charge < -0.3 is 0 Å². The molecule has 0 heterocycles. The summed E-state index contributed by atoms with van der Waals surface area (Å²) < 4.78 is 0. The van der Waals surface area contributed by atoms with Crippen LogP contribution in [0.3, 0.4) is 0 Å². The number of aryl methyl sites for hydroxylation is 1. The van der Waals surface area contributed by atoms with E-state index in [9.17, 15) is 0 Å². The molecule has 72 valence electrons. The molecule has 0 saturated heterocycles. The van der Waals surface area contributed by atoms with Crippen molar-refractivity contribution in [2.75, 3.05) is 0 Å². The van der Waals surface area contributed by atoms with Gasteiger partial charge in [-0.25, -0.2) is 0 Å². The molecule has 1 aromatic rings. The van der Waals surface area contributed by atoms with E-state index in [0.717, 1.165) is 11.1 Å². The minimum Gasteiger partial charge on any atom is -0.0984 e. The Bertz CT molecular complexity index is 381. The van der Waals surface area contributed by atoms with Crippen LogP contribution in [-0.2, 0) is 0 Å². The van der Waals surface area contributed by atoms with Gasteiger partial charge in [-0.05, 0) is 36.1 Å². The quantitative estimate of drug-likeness (QED) is 0.656. The topological polar surface area (TPSA) is 0 Å². The van der Waals surface area contributed by atoms with Crippen LogP contribution < -0.4 is 0 Å². The molecule has 0 N–H and O–H groups in total. The third-order valence-electron chi connectivity index (χ3n) is 2.30. The van der Waals surface area contributed by atoms with Crippen LogP contribution in [0.4, 0.5) is 0 Å². The lowest BCUT2D eigenvalue weighted by molar-refractivity contribution is 1.41. The van der Waals surface area contributed by atoms with Gasteiger partial charge in [0, 0.05) is 0 Å². The molecule has 0 nitrogen and oxygen atoms in total. The zero-order valence-corrected chi connectivity index (χ0v) is 8.88. The average Bonchev–Trinajstić information content (AvgIpc) is 2.21. The van der Waals surface area contributed by atoms with Crippen LogP contribution in [0.2, 0.25) is 0 Å². The maximum Gasteiger partial charge on any atom is -0.0115 e. The van der Waals surface area contributed by atoms with E-state index in [-0.39, 0.29) is 0 Å². The fourth-order valence-electron chi connectivity index (χ4n) is 1.56. The highest BCUT2D eigenvalue weighted by atomic mass is 14.1. The van der Waals surface area contributed by atoms with Gasteiger partial charge in [0.2, 0.25) is 0 Å². The molecule has 0 spiro atoms. The first kappa shape index (κ1) is 10.5. The van der Waals surface area contributed by atoms with Gasteiger partial charge in [-0.1, -0.05) is 49.6 Å². The van der Waals surface area contributed by atoms with E-state index in [1.54, 1.807) is 0 Å². The molecular weight excluding hydrogens is 168 g/mol. The Balaban J connectivity index is 3.49. The number of hydrogen-bond acceptors (Lipinski definition) is 0. The molecule has 0 fully saturated rings. The molecule has 0 atom stereocenters. The van der Waals surface area contributed by atoms with Crippen LogP contribution >= 0.6 is 0 Å². The standard InChI is InChI=1S/C14H16/c1-5-8-14-11(4)9-10-12(6-2)13(14)7-3/h5-10H,2-3H2,1,4H3/b8-5-. The van der Waals surface area contributed by atoms with Gasteiger partial charge in [-0.15, -0.1) is 0 Å². The van der Waals surface area contributed by atoms with Crippen molar-refractivity contribution in [3.63, 3.8) is 0 Å². The fraction of sp³-hybridized carbons (Fsp3) is 0.143. The smallest absolute Gasteiger partial charge is 0.0115 e. The van der Waals surface area contributed by atoms with Crippen LogP contribution in [0, 0.1) is 6.92 Å². The Labute approximate surface area is 86.3 Å². The van der Waals surface area contributed by atoms with Gasteiger partial charge >= 0.3 is 0 Å². The van der Waals surface area contributed by atoms with Crippen molar-refractivity contribution >= 4 is 18.2 Å². The van der Waals surface area contributed by atoms with E-state index in [1.807, 2.05) is 25.2 Å². The Kier molecular flexibility index (Phi) is 3.47. The van der Waals surface area contributed by atoms with E-state index in [4.69, 9.17) is 0 Å². The fourth-order valence-corrected chi connectivity index (χ4v) is 1.56. The normalized spacial score (nSPS) is 10.4. The first-order valence-electron chi connectivity index (χ1n) is 4.75. The number of rotatable bonds is 3. The Morgan fingerprint density at radius 2 is 1.79 bits per heavy atom. The van der Waals surface area contributed by atoms with Crippen molar-refractivity contribution in [1.82, 2.24) is 0 Å². The molecule has 0 aliphatic carbocycles. The zero-order chi connectivity index (χ0) is 10.6. The molecule has 0 aliphatic heterocycles. The molecular formula is C14H16. The van der Waals surface area contributed by atoms with E-state index in [0.29, 0.717) is 0 Å². The van der Waals surface area contributed by atoms with Crippen LogP contribution in [0.25, 0.3) is 18.2 Å². The predicted octanol–water partition coefficient (Wildman–Crippen LogP) is 4.31. The van der Waals surface area contributed by atoms with Crippen molar-refractivity contribution in [2.45, 2.75) is 13.8 Å². The van der Waals surface area contributed by atoms with Gasteiger partial charge in [0.15, 0.2) is 0 Å². The highest BCUT2D eigenvalue weighted by Crippen LogP contribution is 2.22. The maximum absolute atomic E-state index is 3.84. The molecule has 0 radical (unpaired) electrons. The van der Waals surface area contributed by atoms with E-state index in [1.165, 1.54) is 11.1 Å². The predicted molar refractivity (Wildman–Crippen MR) is 66.1 cm³/mol. The van der Waals surface area contributed by atoms with Crippen molar-refractivity contribution < 1.29 is 0 Å². The largest absolute Gasteiger partial charge is 0.0984 e. The lowest BCUT2D eigenvalue weighted by Gasteiger charge is -2.09. The molecule has 1 aromatic carbocycles. The van der Waals surface area contributed by atoms with Crippen LogP contribution in [0.1, 0.15) is 29.2 Å². The highest BCUT2D eigenvalue weighted by molar-refractivity contribution is 5.74. The second-order valence-corrected chi connectivity index (χ2v) is 3.21. The van der Waals surface area contributed by atoms with Gasteiger partial charge in [0.1, 0.15) is 0 Å². The lowest BCUT2D eigenvalue weighted by Crippen LogP contribution is -1.89. The molecule has 0 aliphatic rings. The van der Waals surface area contributed by atoms with E-state index >= 15 is 0 Å². The summed E-state index contributed by atoms with van der Waals surface area (Å²) in [7, 11) is 0. The lowest BCUT2D eigenvalue weighted by atomic mass is 9.96. The summed E-state index contributed by atoms with van der Waals surface area (Å²) in [5.74, 6) is 0. The summed E-state index contributed by atoms with van der Waals surface area (Å²) in [5, 5.41) is 0. The molecule has 0 heteroatoms. The summed E-state index contributed by atoms with van der Waals surface area (Å²) >= 11 is 0. The van der Waals surface area contributed by atoms with Crippen LogP contribution in [0.5, 0.6) is 0 Å². The Hall–Kier alpha value is -1.56. The summed E-state index contributed by atoms with van der Waals surface area (Å²) in [6.45, 7) is 11.8. The molecule has 0 unspecified atom stereocenters. The van der Waals surface area contributed by atoms with Gasteiger partial charge in [0.05, 0.1) is 0 Å². The zero-order valence-electron chi connectivity index (χ0n) is 8.88. The summed E-state index contributed by atoms with van der Waals surface area (Å²) in [6.07, 6.45) is 7.91. The number of allylic oxidation sites excluding steroid dienone is 1. The summed E-state index contributed by atoms with van der Waals surface area (Å²) in [4.78, 5) is 0. The van der Waals surface area contributed by atoms with Crippen molar-refractivity contribution in [3.05, 3.63) is 53.6 Å². The van der Waals surface area contributed by atoms with Gasteiger partial charge in [0.25, 0.3) is 0 Å². The third-order valence-corrected chi connectivity index (χ3v) is 2.30. The van der Waals surface area contributed by atoms with Crippen LogP contribution in [-0.4, -0.2) is 0 Å². The number of benzene rings is 1. The molecule has 0 bridgehead atoms. The number of hydrogen-bond donors (Lipinski definition) is 0. The molecule has 0 amide bonds. The molecule has 1 rings (SSSR count). The minimum atomic E-state index is 1.14. The monoisotopic (exact) mass is 184 g/mol. The van der Waals surface area contributed by atoms with Gasteiger partial charge in [-0.2, -0.15) is 0 Å². The van der Waals surface area contributed by atoms with E-state index in [2.05, 4.69) is 38.3 Å². The summed E-state index contributed by atoms with van der Waals surface area (Å²) in [6, 6.07) is 4.19. The first-order chi connectivity index (χ1) is 6.74. The van der Waals surface area contributed by atoms with Gasteiger partial charge in [-0.3, -0.25) is 0 Å². The second-order valence-electron chi connectivity index (χ2n) is 3.21. The second kappa shape index (κ2) is 4.61. The van der Waals surface area contributed by atoms with Crippen LogP contribution in [0.15, 0.2) is 31.4 Å². The first-order valence-corrected chi connectivity index (χ1v) is 4.75. The highest BCUT2D eigenvalue weighted by Gasteiger charge is 2.03. The van der Waals surface area contributed by atoms with Crippen molar-refractivity contribution in [1.29, 1.82) is 0 Å². The molecule has 14 heavy (non-hydrogen) atoms. The van der Waals surface area contributed by atoms with Crippen molar-refractivity contribution in [2.24, 2.45) is 0 Å². The third kappa shape index (κ3) is 1.85. The summed E-state index contributed by atoms with van der Waals surface area (Å²) in [5.41, 5.74) is 4.81. The Morgan fingerprint density at radius 1 is 1.07 bits per heavy atom. The van der Waals surface area contributed by atoms with Crippen molar-refractivity contribution in [3.8, 4) is 0 Å². The van der Waals surface area contributed by atoms with E-state index < -0.39 is 0 Å². The average molecular weight is 184 g/mol.